The Balaban J connectivity index is 0.000000546. The second-order valence-corrected chi connectivity index (χ2v) is 5.73. The van der Waals surface area contributed by atoms with Crippen LogP contribution in [0.15, 0.2) is 25.2 Å². The first-order chi connectivity index (χ1) is 11.6. The molecule has 0 saturated carbocycles. The molecular formula is C19H34O5. The van der Waals surface area contributed by atoms with Gasteiger partial charge in [0.25, 0.3) is 0 Å². The van der Waals surface area contributed by atoms with E-state index >= 15 is 0 Å². The molecule has 1 fully saturated rings. The van der Waals surface area contributed by atoms with Crippen LogP contribution in [-0.4, -0.2) is 26.2 Å². The van der Waals surface area contributed by atoms with E-state index in [1.165, 1.54) is 58.3 Å². The number of carbonyl (C=O) groups excluding carboxylic acids is 1. The van der Waals surface area contributed by atoms with Crippen LogP contribution in [-0.2, 0) is 23.7 Å². The minimum Gasteiger partial charge on any atom is -0.444 e. The molecular weight excluding hydrogens is 308 g/mol. The zero-order valence-corrected chi connectivity index (χ0v) is 15.4. The fourth-order valence-corrected chi connectivity index (χ4v) is 2.21. The molecule has 1 saturated heterocycles. The van der Waals surface area contributed by atoms with E-state index in [1.807, 2.05) is 0 Å². The van der Waals surface area contributed by atoms with Gasteiger partial charge in [-0.05, 0) is 6.42 Å². The molecule has 5 nitrogen and oxygen atoms in total. The van der Waals surface area contributed by atoms with E-state index in [1.54, 1.807) is 0 Å². The summed E-state index contributed by atoms with van der Waals surface area (Å²) in [5, 5.41) is 0. The molecule has 0 aromatic rings. The summed E-state index contributed by atoms with van der Waals surface area (Å²) in [6, 6.07) is 0. The molecule has 140 valence electrons. The Bertz CT molecular complexity index is 341. The summed E-state index contributed by atoms with van der Waals surface area (Å²) in [7, 11) is 1.52. The fourth-order valence-electron chi connectivity index (χ4n) is 2.21. The van der Waals surface area contributed by atoms with Gasteiger partial charge in [0, 0.05) is 13.5 Å². The summed E-state index contributed by atoms with van der Waals surface area (Å²) in [6.45, 7) is 9.03. The average Bonchev–Trinajstić information content (AvgIpc) is 3.00. The molecule has 0 aromatic heterocycles. The number of unbranched alkanes of at least 4 members (excludes halogenated alkanes) is 8. The number of hydrogen-bond donors (Lipinski definition) is 0. The highest BCUT2D eigenvalue weighted by molar-refractivity contribution is 5.69. The van der Waals surface area contributed by atoms with E-state index in [4.69, 9.17) is 9.47 Å². The zero-order chi connectivity index (χ0) is 18.0. The molecule has 1 rings (SSSR count). The number of methoxy groups -OCH3 is 1. The van der Waals surface area contributed by atoms with E-state index in [0.717, 1.165) is 12.8 Å². The molecule has 1 aliphatic heterocycles. The lowest BCUT2D eigenvalue weighted by atomic mass is 10.1. The van der Waals surface area contributed by atoms with Crippen molar-refractivity contribution in [2.45, 2.75) is 77.6 Å². The normalized spacial score (nSPS) is 16.1. The number of ether oxygens (including phenoxy) is 4. The molecule has 0 spiro atoms. The standard InChI is InChI=1S/C14H26O2.C5H8O3/c1-3-5-6-7-8-9-10-11-12-13-14(15)16-4-2;1-4-3-7-5(6-2)8-4/h4H,2-3,5-13H2,1H3;5H,1,3H2,2H3. The van der Waals surface area contributed by atoms with Crippen molar-refractivity contribution in [3.8, 4) is 0 Å². The molecule has 0 N–H and O–H groups in total. The second-order valence-electron chi connectivity index (χ2n) is 5.73. The van der Waals surface area contributed by atoms with Gasteiger partial charge < -0.3 is 18.9 Å². The van der Waals surface area contributed by atoms with Crippen molar-refractivity contribution >= 4 is 5.97 Å². The van der Waals surface area contributed by atoms with E-state index in [0.29, 0.717) is 18.8 Å². The van der Waals surface area contributed by atoms with Crippen molar-refractivity contribution in [3.05, 3.63) is 25.2 Å². The van der Waals surface area contributed by atoms with Gasteiger partial charge in [-0.25, -0.2) is 0 Å². The highest BCUT2D eigenvalue weighted by atomic mass is 16.9. The molecule has 1 atom stereocenters. The Hall–Kier alpha value is -1.33. The van der Waals surface area contributed by atoms with Gasteiger partial charge in [0.2, 0.25) is 0 Å². The average molecular weight is 342 g/mol. The predicted molar refractivity (Wildman–Crippen MR) is 95.1 cm³/mol. The maximum atomic E-state index is 11.0. The highest BCUT2D eigenvalue weighted by Crippen LogP contribution is 2.12. The third-order valence-electron chi connectivity index (χ3n) is 3.53. The lowest BCUT2D eigenvalue weighted by Crippen LogP contribution is -2.08. The lowest BCUT2D eigenvalue weighted by molar-refractivity contribution is -0.208. The summed E-state index contributed by atoms with van der Waals surface area (Å²) >= 11 is 0. The van der Waals surface area contributed by atoms with Crippen LogP contribution >= 0.6 is 0 Å². The van der Waals surface area contributed by atoms with E-state index in [9.17, 15) is 4.79 Å². The summed E-state index contributed by atoms with van der Waals surface area (Å²) in [6.07, 6.45) is 13.1. The van der Waals surface area contributed by atoms with Crippen molar-refractivity contribution in [2.75, 3.05) is 13.7 Å². The van der Waals surface area contributed by atoms with E-state index < -0.39 is 6.48 Å². The van der Waals surface area contributed by atoms with E-state index in [-0.39, 0.29) is 5.97 Å². The molecule has 1 aliphatic rings. The largest absolute Gasteiger partial charge is 0.444 e. The van der Waals surface area contributed by atoms with Crippen LogP contribution in [0.3, 0.4) is 0 Å². The Morgan fingerprint density at radius 2 is 1.75 bits per heavy atom. The van der Waals surface area contributed by atoms with Crippen molar-refractivity contribution in [2.24, 2.45) is 0 Å². The summed E-state index contributed by atoms with van der Waals surface area (Å²) in [4.78, 5) is 11.0. The molecule has 1 heterocycles. The minimum atomic E-state index is -0.525. The smallest absolute Gasteiger partial charge is 0.315 e. The van der Waals surface area contributed by atoms with Gasteiger partial charge in [0.05, 0.1) is 6.26 Å². The number of hydrogen-bond acceptors (Lipinski definition) is 5. The lowest BCUT2D eigenvalue weighted by Gasteiger charge is -2.03. The maximum Gasteiger partial charge on any atom is 0.315 e. The van der Waals surface area contributed by atoms with Gasteiger partial charge in [-0.3, -0.25) is 4.79 Å². The second kappa shape index (κ2) is 16.5. The van der Waals surface area contributed by atoms with Crippen LogP contribution in [0.2, 0.25) is 0 Å². The number of rotatable bonds is 12. The first-order valence-electron chi connectivity index (χ1n) is 8.93. The first kappa shape index (κ1) is 22.7. The van der Waals surface area contributed by atoms with Gasteiger partial charge in [-0.2, -0.15) is 0 Å². The molecule has 0 aromatic carbocycles. The zero-order valence-electron chi connectivity index (χ0n) is 15.4. The maximum absolute atomic E-state index is 11.0. The summed E-state index contributed by atoms with van der Waals surface area (Å²) in [5.41, 5.74) is 0. The van der Waals surface area contributed by atoms with Crippen LogP contribution in [0, 0.1) is 0 Å². The first-order valence-corrected chi connectivity index (χ1v) is 8.93. The Morgan fingerprint density at radius 1 is 1.17 bits per heavy atom. The van der Waals surface area contributed by atoms with Crippen molar-refractivity contribution in [1.82, 2.24) is 0 Å². The fraction of sp³-hybridized carbons (Fsp3) is 0.737. The molecule has 0 amide bonds. The van der Waals surface area contributed by atoms with Crippen LogP contribution in [0.1, 0.15) is 71.1 Å². The van der Waals surface area contributed by atoms with Crippen LogP contribution in [0.25, 0.3) is 0 Å². The van der Waals surface area contributed by atoms with Crippen LogP contribution in [0.5, 0.6) is 0 Å². The number of esters is 1. The van der Waals surface area contributed by atoms with Crippen LogP contribution < -0.4 is 0 Å². The topological polar surface area (TPSA) is 54.0 Å². The Labute approximate surface area is 147 Å². The quantitative estimate of drug-likeness (QED) is 0.281. The third-order valence-corrected chi connectivity index (χ3v) is 3.53. The molecule has 0 aliphatic carbocycles. The Kier molecular flexibility index (Phi) is 15.6. The summed E-state index contributed by atoms with van der Waals surface area (Å²) in [5.74, 6) is 0.467. The van der Waals surface area contributed by atoms with Crippen molar-refractivity contribution < 1.29 is 23.7 Å². The van der Waals surface area contributed by atoms with Gasteiger partial charge in [-0.15, -0.1) is 0 Å². The predicted octanol–water partition coefficient (Wildman–Crippen LogP) is 5.07. The molecule has 1 unspecified atom stereocenters. The molecule has 0 radical (unpaired) electrons. The van der Waals surface area contributed by atoms with Gasteiger partial charge >= 0.3 is 12.4 Å². The van der Waals surface area contributed by atoms with Gasteiger partial charge in [0.15, 0.2) is 0 Å². The van der Waals surface area contributed by atoms with Gasteiger partial charge in [0.1, 0.15) is 12.4 Å². The van der Waals surface area contributed by atoms with Crippen molar-refractivity contribution in [3.63, 3.8) is 0 Å². The van der Waals surface area contributed by atoms with Crippen molar-refractivity contribution in [1.29, 1.82) is 0 Å². The molecule has 5 heteroatoms. The summed E-state index contributed by atoms with van der Waals surface area (Å²) < 4.78 is 19.1. The Morgan fingerprint density at radius 3 is 2.17 bits per heavy atom. The monoisotopic (exact) mass is 342 g/mol. The number of carbonyl (C=O) groups is 1. The van der Waals surface area contributed by atoms with Gasteiger partial charge in [-0.1, -0.05) is 71.4 Å². The molecule has 0 bridgehead atoms. The SMILES string of the molecule is C=C1COC(OC)O1.C=COC(=O)CCCCCCCCCCC. The minimum absolute atomic E-state index is 0.155. The van der Waals surface area contributed by atoms with E-state index in [2.05, 4.69) is 29.6 Å². The highest BCUT2D eigenvalue weighted by Gasteiger charge is 2.17. The van der Waals surface area contributed by atoms with Crippen LogP contribution in [0.4, 0.5) is 0 Å². The third kappa shape index (κ3) is 14.3. The molecule has 24 heavy (non-hydrogen) atoms.